The summed E-state index contributed by atoms with van der Waals surface area (Å²) in [4.78, 5) is 49.2. The van der Waals surface area contributed by atoms with Crippen LogP contribution in [0.4, 0.5) is 5.00 Å². The van der Waals surface area contributed by atoms with Crippen LogP contribution in [0.25, 0.3) is 0 Å². The molecule has 1 aromatic carbocycles. The number of carbonyl (C=O) groups is 4. The van der Waals surface area contributed by atoms with Crippen molar-refractivity contribution in [1.82, 2.24) is 4.90 Å². The Bertz CT molecular complexity index is 896. The zero-order valence-electron chi connectivity index (χ0n) is 14.9. The van der Waals surface area contributed by atoms with Gasteiger partial charge in [0.15, 0.2) is 6.61 Å². The van der Waals surface area contributed by atoms with Crippen molar-refractivity contribution in [3.05, 3.63) is 52.9 Å². The largest absolute Gasteiger partial charge is 0.455 e. The van der Waals surface area contributed by atoms with E-state index in [-0.39, 0.29) is 24.4 Å². The molecule has 1 aromatic heterocycles. The van der Waals surface area contributed by atoms with Gasteiger partial charge in [-0.2, -0.15) is 0 Å². The van der Waals surface area contributed by atoms with Gasteiger partial charge in [-0.3, -0.25) is 19.2 Å². The maximum absolute atomic E-state index is 12.2. The number of hydrogen-bond acceptors (Lipinski definition) is 6. The molecule has 3 rings (SSSR count). The second-order valence-electron chi connectivity index (χ2n) is 6.34. The quantitative estimate of drug-likeness (QED) is 0.680. The van der Waals surface area contributed by atoms with Crippen molar-refractivity contribution in [2.75, 3.05) is 18.5 Å². The molecule has 28 heavy (non-hydrogen) atoms. The Hall–Kier alpha value is -3.20. The molecule has 1 fully saturated rings. The molecule has 8 nitrogen and oxygen atoms in total. The van der Waals surface area contributed by atoms with E-state index in [2.05, 4.69) is 5.32 Å². The summed E-state index contributed by atoms with van der Waals surface area (Å²) in [5, 5.41) is 4.41. The average molecular weight is 401 g/mol. The van der Waals surface area contributed by atoms with Gasteiger partial charge in [0.2, 0.25) is 5.91 Å². The molecule has 3 N–H and O–H groups in total. The van der Waals surface area contributed by atoms with Crippen LogP contribution in [0.3, 0.4) is 0 Å². The summed E-state index contributed by atoms with van der Waals surface area (Å²) in [5.41, 5.74) is 6.39. The van der Waals surface area contributed by atoms with Gasteiger partial charge in [-0.05, 0) is 17.0 Å². The van der Waals surface area contributed by atoms with E-state index < -0.39 is 30.3 Å². The van der Waals surface area contributed by atoms with Crippen molar-refractivity contribution in [3.8, 4) is 0 Å². The summed E-state index contributed by atoms with van der Waals surface area (Å²) in [7, 11) is 0. The first-order valence-electron chi connectivity index (χ1n) is 8.59. The average Bonchev–Trinajstić information content (AvgIpc) is 3.28. The minimum absolute atomic E-state index is 0.0596. The number of likely N-dealkylation sites (tertiary alicyclic amines) is 1. The van der Waals surface area contributed by atoms with Gasteiger partial charge in [-0.1, -0.05) is 30.3 Å². The molecule has 1 saturated heterocycles. The van der Waals surface area contributed by atoms with E-state index in [1.165, 1.54) is 6.07 Å². The number of nitrogens with one attached hydrogen (secondary N) is 1. The van der Waals surface area contributed by atoms with Gasteiger partial charge in [0.25, 0.3) is 11.8 Å². The van der Waals surface area contributed by atoms with Crippen molar-refractivity contribution in [2.45, 2.75) is 13.0 Å². The van der Waals surface area contributed by atoms with E-state index in [1.54, 1.807) is 10.3 Å². The predicted octanol–water partition coefficient (Wildman–Crippen LogP) is 1.38. The van der Waals surface area contributed by atoms with Crippen LogP contribution in [-0.4, -0.2) is 41.7 Å². The maximum atomic E-state index is 12.2. The highest BCUT2D eigenvalue weighted by Crippen LogP contribution is 2.23. The number of nitrogens with zero attached hydrogens (tertiary/aromatic N) is 1. The fraction of sp³-hybridized carbons (Fsp3) is 0.263. The molecule has 0 unspecified atom stereocenters. The molecule has 3 amide bonds. The number of primary amides is 1. The number of hydrogen-bond donors (Lipinski definition) is 2. The van der Waals surface area contributed by atoms with Crippen molar-refractivity contribution < 1.29 is 23.9 Å². The van der Waals surface area contributed by atoms with Gasteiger partial charge < -0.3 is 20.7 Å². The van der Waals surface area contributed by atoms with Gasteiger partial charge in [0.05, 0.1) is 11.5 Å². The van der Waals surface area contributed by atoms with E-state index in [1.807, 2.05) is 30.3 Å². The molecule has 0 spiro atoms. The third-order valence-electron chi connectivity index (χ3n) is 4.29. The highest BCUT2D eigenvalue weighted by Gasteiger charge is 2.35. The van der Waals surface area contributed by atoms with Crippen molar-refractivity contribution >= 4 is 40.0 Å². The molecule has 2 heterocycles. The Kier molecular flexibility index (Phi) is 6.05. The molecule has 0 radical (unpaired) electrons. The number of ether oxygens (including phenoxy) is 1. The zero-order valence-corrected chi connectivity index (χ0v) is 15.7. The molecule has 146 valence electrons. The van der Waals surface area contributed by atoms with E-state index in [4.69, 9.17) is 10.5 Å². The van der Waals surface area contributed by atoms with Gasteiger partial charge >= 0.3 is 5.97 Å². The molecule has 2 aromatic rings. The zero-order chi connectivity index (χ0) is 20.1. The van der Waals surface area contributed by atoms with Gasteiger partial charge in [-0.25, -0.2) is 0 Å². The number of anilines is 1. The molecule has 0 saturated carbocycles. The SMILES string of the molecule is NC(=O)c1ccsc1NC(=O)COC(=O)[C@@H]1CC(=O)N(Cc2ccccc2)C1. The summed E-state index contributed by atoms with van der Waals surface area (Å²) in [6.45, 7) is 0.182. The highest BCUT2D eigenvalue weighted by atomic mass is 32.1. The van der Waals surface area contributed by atoms with E-state index in [0.717, 1.165) is 16.9 Å². The van der Waals surface area contributed by atoms with Crippen LogP contribution in [-0.2, 0) is 25.7 Å². The Morgan fingerprint density at radius 2 is 1.96 bits per heavy atom. The second kappa shape index (κ2) is 8.66. The fourth-order valence-electron chi connectivity index (χ4n) is 2.90. The van der Waals surface area contributed by atoms with Crippen LogP contribution < -0.4 is 11.1 Å². The summed E-state index contributed by atoms with van der Waals surface area (Å²) in [6, 6.07) is 11.0. The smallest absolute Gasteiger partial charge is 0.311 e. The van der Waals surface area contributed by atoms with Crippen LogP contribution in [0, 0.1) is 5.92 Å². The molecule has 1 aliphatic rings. The molecule has 0 bridgehead atoms. The molecule has 9 heteroatoms. The first-order chi connectivity index (χ1) is 13.4. The number of benzene rings is 1. The number of esters is 1. The molecule has 1 aliphatic heterocycles. The van der Waals surface area contributed by atoms with E-state index >= 15 is 0 Å². The van der Waals surface area contributed by atoms with E-state index in [9.17, 15) is 19.2 Å². The normalized spacial score (nSPS) is 16.1. The third-order valence-corrected chi connectivity index (χ3v) is 5.12. The first-order valence-corrected chi connectivity index (χ1v) is 9.47. The number of thiophene rings is 1. The lowest BCUT2D eigenvalue weighted by molar-refractivity contribution is -0.151. The van der Waals surface area contributed by atoms with Crippen molar-refractivity contribution in [1.29, 1.82) is 0 Å². The molecular formula is C19H19N3O5S. The molecule has 0 aliphatic carbocycles. The van der Waals surface area contributed by atoms with Crippen LogP contribution in [0.15, 0.2) is 41.8 Å². The monoisotopic (exact) mass is 401 g/mol. The predicted molar refractivity (Wildman–Crippen MR) is 102 cm³/mol. The van der Waals surface area contributed by atoms with Gasteiger partial charge in [-0.15, -0.1) is 11.3 Å². The Balaban J connectivity index is 1.48. The van der Waals surface area contributed by atoms with Crippen LogP contribution in [0.2, 0.25) is 0 Å². The lowest BCUT2D eigenvalue weighted by Crippen LogP contribution is -2.28. The second-order valence-corrected chi connectivity index (χ2v) is 7.26. The maximum Gasteiger partial charge on any atom is 0.311 e. The summed E-state index contributed by atoms with van der Waals surface area (Å²) < 4.78 is 5.04. The van der Waals surface area contributed by atoms with Crippen molar-refractivity contribution in [3.63, 3.8) is 0 Å². The molecule has 1 atom stereocenters. The van der Waals surface area contributed by atoms with Crippen molar-refractivity contribution in [2.24, 2.45) is 11.7 Å². The third kappa shape index (κ3) is 4.74. The lowest BCUT2D eigenvalue weighted by Gasteiger charge is -2.16. The first kappa shape index (κ1) is 19.6. The Labute approximate surface area is 165 Å². The minimum Gasteiger partial charge on any atom is -0.455 e. The van der Waals surface area contributed by atoms with Crippen LogP contribution in [0.1, 0.15) is 22.3 Å². The van der Waals surface area contributed by atoms with Gasteiger partial charge in [0.1, 0.15) is 5.00 Å². The molecular weight excluding hydrogens is 382 g/mol. The summed E-state index contributed by atoms with van der Waals surface area (Å²) in [5.74, 6) is -2.56. The number of carbonyl (C=O) groups excluding carboxylic acids is 4. The summed E-state index contributed by atoms with van der Waals surface area (Å²) in [6.07, 6.45) is 0.0596. The van der Waals surface area contributed by atoms with E-state index in [0.29, 0.717) is 11.5 Å². The number of nitrogens with two attached hydrogens (primary N) is 1. The number of amides is 3. The topological polar surface area (TPSA) is 119 Å². The highest BCUT2D eigenvalue weighted by molar-refractivity contribution is 7.14. The summed E-state index contributed by atoms with van der Waals surface area (Å²) >= 11 is 1.14. The fourth-order valence-corrected chi connectivity index (χ4v) is 3.71. The number of rotatable bonds is 7. The lowest BCUT2D eigenvalue weighted by atomic mass is 10.1. The van der Waals surface area contributed by atoms with Crippen LogP contribution >= 0.6 is 11.3 Å². The Morgan fingerprint density at radius 1 is 1.21 bits per heavy atom. The standard InChI is InChI=1S/C19H19N3O5S/c20-17(25)14-6-7-28-18(14)21-15(23)11-27-19(26)13-8-16(24)22(10-13)9-12-4-2-1-3-5-12/h1-7,13H,8-11H2,(H2,20,25)(H,21,23)/t13-/m1/s1. The van der Waals surface area contributed by atoms with Gasteiger partial charge in [0, 0.05) is 19.5 Å². The van der Waals surface area contributed by atoms with Crippen LogP contribution in [0.5, 0.6) is 0 Å². The Morgan fingerprint density at radius 3 is 2.68 bits per heavy atom. The minimum atomic E-state index is -0.656.